The number of Topliss-reactive ketones (excluding diaryl/α,β-unsaturated/α-hetero) is 4. The lowest BCUT2D eigenvalue weighted by Gasteiger charge is -2.43. The number of cyclic esters (lactones) is 4. The maximum atomic E-state index is 13.3. The summed E-state index contributed by atoms with van der Waals surface area (Å²) in [6, 6.07) is -0.333. The minimum atomic E-state index is -1.83. The highest BCUT2D eigenvalue weighted by molar-refractivity contribution is 6.02. The number of aliphatic hydroxyl groups excluding tert-OH is 3. The fourth-order valence-corrected chi connectivity index (χ4v) is 22.3. The first-order valence-corrected chi connectivity index (χ1v) is 55.7. The summed E-state index contributed by atoms with van der Waals surface area (Å²) in [4.78, 5) is 144. The second kappa shape index (κ2) is 64.1. The zero-order valence-corrected chi connectivity index (χ0v) is 101. The number of hydrogen-bond acceptors (Lipinski definition) is 33. The first kappa shape index (κ1) is 142. The standard InChI is InChI=1S/C27H48N2O7.C27H50N2O7.C26H46FNO7.C26H42N2O6.4C2H6/c1-10-21-27(8,33)24(31)17(4)22(29-36-20-11-12-28-14-20)15(2)13-26(7,34-9)19(6)16(3)23(30)18(5)25(32)35-21;1-12-21-27(8,33)24(31)18(4)22(28-35-14-13-29(9)10)16(2)15-26(7,34-11)20(6)17(3)23(30)19(5)25(32)36-21;1-10-20-26(8,32)23(30)17(4)21(28-34-13-11-12-27)15(2)14-25(7,33-9)19(6)16(3)22(29)18(5)24(31)35-20;1-10-19-26(8)22-16(4)20(27-11-12-28(22)24(31)34-26)14(2)13-25(7,32-9)18(6)15(3)21(29)17(5)23(30)33-19;4*1-2/h15-21,24,28,31,33H,10-14H2,1-9H3;16-21,24,31,33H,12-15H2,1-11H3;15-20,23,30,32H,10-14H2,1-9H3;14-19,22H,10-13H2,1-9H3;4*1-2H3/t15-,16-,17+,18-,19-,20?,21-,24+,26-,27-;16-,17-,18+,19-,20-,21-,24+,26-,27-;15-,16-,17+,18-,19-,20-,23+,25-,26-;14-,15-,16+,17-,18-,19-,22-,25-,26-;;;;/m1111..../s1. The summed E-state index contributed by atoms with van der Waals surface area (Å²) in [6.45, 7) is 76.9. The molecule has 7 aliphatic rings. The van der Waals surface area contributed by atoms with Gasteiger partial charge in [0, 0.05) is 132 Å². The number of amides is 1. The van der Waals surface area contributed by atoms with E-state index in [0.717, 1.165) is 18.7 Å². The molecule has 7 aliphatic heterocycles. The molecule has 149 heavy (non-hydrogen) atoms. The minimum Gasteiger partial charge on any atom is -0.459 e. The van der Waals surface area contributed by atoms with Crippen molar-refractivity contribution < 1.29 is 135 Å². The molecule has 0 radical (unpaired) electrons. The molecule has 6 fully saturated rings. The molecule has 7 N–H and O–H groups in total. The van der Waals surface area contributed by atoms with Gasteiger partial charge in [-0.1, -0.05) is 209 Å². The molecule has 1 amide bonds. The van der Waals surface area contributed by atoms with Crippen LogP contribution in [0.25, 0.3) is 0 Å². The topological polar surface area (TPSA) is 454 Å². The number of aliphatic imine (C=N–C) groups is 1. The maximum Gasteiger partial charge on any atom is 0.410 e. The molecule has 0 aromatic heterocycles. The molecule has 0 aliphatic carbocycles. The van der Waals surface area contributed by atoms with Crippen LogP contribution in [0.15, 0.2) is 20.5 Å². The van der Waals surface area contributed by atoms with E-state index in [1.807, 2.05) is 185 Å². The molecule has 37 atom stereocenters. The SMILES string of the molecule is CC.CC.CC.CC.CC[C@H]1OC(=O)[C@H](C)C(=O)[C@H](C)[C@@H](C)[C@](C)(OC)C[C@@H](C)C(=NOC2CCNC2)[C@H](C)[C@H](O)[C@]1(C)O.CC[C@H]1OC(=O)[C@H](C)C(=O)[C@H](C)[C@@H](C)[C@](C)(OC)C[C@@H](C)C(=NOCCCF)[C@H](C)[C@H](O)[C@]1(C)O.CC[C@H]1OC(=O)[C@H](C)C(=O)[C@H](C)[C@@H](C)[C@](C)(OC)C[C@@H](C)C(=NOCCN(C)C)[C@H](C)[C@H](O)[C@]1(C)O.CC[C@H]1OC(=O)[C@H](C)C(=O)[C@H](C)[C@@H](C)[C@](C)(OC)C[C@@H](C)C2=NCCN3C(=O)O[C@@]1(C)[C@H]3[C@H]2C. The highest BCUT2D eigenvalue weighted by atomic mass is 19.1. The van der Waals surface area contributed by atoms with Gasteiger partial charge in [-0.05, 0) is 185 Å². The number of carbonyl (C=O) groups is 9. The van der Waals surface area contributed by atoms with Crippen molar-refractivity contribution in [2.75, 3.05) is 95.1 Å². The van der Waals surface area contributed by atoms with E-state index in [9.17, 15) is 78.2 Å². The monoisotopic (exact) mass is 2130 g/mol. The number of alkyl halides is 1. The lowest BCUT2D eigenvalue weighted by atomic mass is 9.70. The van der Waals surface area contributed by atoms with Gasteiger partial charge in [-0.15, -0.1) is 0 Å². The third-order valence-electron chi connectivity index (χ3n) is 33.9. The Labute approximate surface area is 896 Å². The Balaban J connectivity index is 0.00000191. The van der Waals surface area contributed by atoms with E-state index in [1.54, 1.807) is 88.7 Å². The predicted molar refractivity (Wildman–Crippen MR) is 583 cm³/mol. The summed E-state index contributed by atoms with van der Waals surface area (Å²) in [7, 11) is 10.4. The number of ketones is 4. The molecule has 0 saturated carbocycles. The van der Waals surface area contributed by atoms with E-state index >= 15 is 0 Å². The Kier molecular flexibility index (Phi) is 61.3. The van der Waals surface area contributed by atoms with Gasteiger partial charge in [0.05, 0.1) is 77.1 Å². The van der Waals surface area contributed by atoms with Crippen LogP contribution in [0.5, 0.6) is 0 Å². The summed E-state index contributed by atoms with van der Waals surface area (Å²) in [6.07, 6.45) is -3.88. The van der Waals surface area contributed by atoms with Gasteiger partial charge >= 0.3 is 30.0 Å². The number of nitrogens with one attached hydrogen (secondary N) is 1. The lowest BCUT2D eigenvalue weighted by Crippen LogP contribution is -2.57. The van der Waals surface area contributed by atoms with Crippen molar-refractivity contribution in [1.82, 2.24) is 15.1 Å². The fourth-order valence-electron chi connectivity index (χ4n) is 22.3. The Morgan fingerprint density at radius 2 is 0.711 bits per heavy atom. The summed E-state index contributed by atoms with van der Waals surface area (Å²) in [5, 5.41) is 84.6. The number of nitrogens with zero attached hydrogens (tertiary/aromatic N) is 6. The summed E-state index contributed by atoms with van der Waals surface area (Å²) < 4.78 is 65.2. The summed E-state index contributed by atoms with van der Waals surface area (Å²) in [5.74, 6) is -13.0. The Bertz CT molecular complexity index is 4200. The third kappa shape index (κ3) is 35.7. The summed E-state index contributed by atoms with van der Waals surface area (Å²) >= 11 is 0. The number of methoxy groups -OCH3 is 4. The third-order valence-corrected chi connectivity index (χ3v) is 33.9. The van der Waals surface area contributed by atoms with E-state index < -0.39 is 189 Å². The number of rotatable bonds is 18. The van der Waals surface area contributed by atoms with E-state index in [2.05, 4.69) is 34.6 Å². The minimum absolute atomic E-state index is 0.0626. The number of hydrogen-bond donors (Lipinski definition) is 7. The molecule has 2 bridgehead atoms. The van der Waals surface area contributed by atoms with Gasteiger partial charge in [-0.2, -0.15) is 0 Å². The van der Waals surface area contributed by atoms with Crippen molar-refractivity contribution in [3.63, 3.8) is 0 Å². The highest BCUT2D eigenvalue weighted by Crippen LogP contribution is 2.48. The molecule has 34 nitrogen and oxygen atoms in total. The second-order valence-electron chi connectivity index (χ2n) is 44.1. The molecule has 0 aromatic rings. The van der Waals surface area contributed by atoms with Gasteiger partial charge in [0.15, 0.2) is 5.60 Å². The van der Waals surface area contributed by atoms with Crippen molar-refractivity contribution in [3.05, 3.63) is 0 Å². The average Bonchev–Trinajstić information content (AvgIpc) is 1.58. The Morgan fingerprint density at radius 1 is 0.423 bits per heavy atom. The normalized spacial score (nSPS) is 40.6. The van der Waals surface area contributed by atoms with Gasteiger partial charge < -0.3 is 98.0 Å². The van der Waals surface area contributed by atoms with E-state index in [-0.39, 0.29) is 121 Å². The number of fused-ring (bicyclic) bond motifs is 1. The molecule has 0 aromatic carbocycles. The molecule has 7 heterocycles. The number of aliphatic hydroxyl groups is 6. The average molecular weight is 2130 g/mol. The molecule has 7 rings (SSSR count). The van der Waals surface area contributed by atoms with E-state index in [0.29, 0.717) is 82.0 Å². The maximum absolute atomic E-state index is 13.3. The molecular weight excluding hydrogens is 1920 g/mol. The second-order valence-corrected chi connectivity index (χ2v) is 44.1. The van der Waals surface area contributed by atoms with Crippen LogP contribution in [0.3, 0.4) is 0 Å². The van der Waals surface area contributed by atoms with Crippen molar-refractivity contribution in [3.8, 4) is 0 Å². The van der Waals surface area contributed by atoms with Crippen molar-refractivity contribution >= 4 is 76.0 Å². The van der Waals surface area contributed by atoms with E-state index in [1.165, 1.54) is 41.5 Å². The zero-order valence-electron chi connectivity index (χ0n) is 101. The van der Waals surface area contributed by atoms with Crippen LogP contribution < -0.4 is 5.32 Å². The first-order valence-electron chi connectivity index (χ1n) is 55.7. The number of oxime groups is 3. The molecule has 0 spiro atoms. The van der Waals surface area contributed by atoms with Crippen LogP contribution in [0, 0.1) is 118 Å². The van der Waals surface area contributed by atoms with Gasteiger partial charge in [-0.3, -0.25) is 52.6 Å². The van der Waals surface area contributed by atoms with Crippen LogP contribution in [-0.2, 0) is 95.5 Å². The van der Waals surface area contributed by atoms with Crippen LogP contribution in [0.4, 0.5) is 9.18 Å². The number of ether oxygens (including phenoxy) is 9. The Morgan fingerprint density at radius 3 is 0.987 bits per heavy atom. The van der Waals surface area contributed by atoms with Crippen LogP contribution in [-0.4, -0.2) is 311 Å². The largest absolute Gasteiger partial charge is 0.459 e. The zero-order chi connectivity index (χ0) is 116. The first-order chi connectivity index (χ1) is 69.3. The van der Waals surface area contributed by atoms with Crippen molar-refractivity contribution in [1.29, 1.82) is 0 Å². The van der Waals surface area contributed by atoms with Crippen LogP contribution >= 0.6 is 0 Å². The fraction of sp³-hybridized carbons (Fsp3) is 0.886. The van der Waals surface area contributed by atoms with Crippen molar-refractivity contribution in [2.45, 2.75) is 441 Å². The van der Waals surface area contributed by atoms with Crippen LogP contribution in [0.1, 0.15) is 341 Å². The molecule has 35 heteroatoms. The van der Waals surface area contributed by atoms with Gasteiger partial charge in [-0.25, -0.2) is 4.79 Å². The van der Waals surface area contributed by atoms with Crippen LogP contribution in [0.2, 0.25) is 0 Å². The van der Waals surface area contributed by atoms with Gasteiger partial charge in [0.1, 0.15) is 107 Å². The molecular formula is C114H210FN7O27. The van der Waals surface area contributed by atoms with Gasteiger partial charge in [0.25, 0.3) is 0 Å². The number of carbonyl (C=O) groups excluding carboxylic acids is 9. The lowest BCUT2D eigenvalue weighted by molar-refractivity contribution is -0.187. The quantitative estimate of drug-likeness (QED) is 0.0220. The number of esters is 4. The molecule has 870 valence electrons. The molecule has 6 saturated heterocycles. The Hall–Kier alpha value is -6.64. The molecule has 1 unspecified atom stereocenters. The van der Waals surface area contributed by atoms with Crippen molar-refractivity contribution in [2.24, 2.45) is 139 Å². The number of halogens is 1. The smallest absolute Gasteiger partial charge is 0.410 e. The predicted octanol–water partition coefficient (Wildman–Crippen LogP) is 17.3. The highest BCUT2D eigenvalue weighted by Gasteiger charge is 2.62. The number of likely N-dealkylation sites (N-methyl/N-ethyl adjacent to an activating group) is 1. The van der Waals surface area contributed by atoms with E-state index in [4.69, 9.17) is 62.1 Å². The summed E-state index contributed by atoms with van der Waals surface area (Å²) in [5.41, 5.74) is -6.65. The van der Waals surface area contributed by atoms with Gasteiger partial charge in [0.2, 0.25) is 0 Å².